The molecule has 2 aromatic carbocycles. The van der Waals surface area contributed by atoms with Crippen molar-refractivity contribution >= 4 is 33.0 Å². The first-order chi connectivity index (χ1) is 10.9. The highest BCUT2D eigenvalue weighted by atomic mass is 35.5. The van der Waals surface area contributed by atoms with Gasteiger partial charge in [0.25, 0.3) is 10.0 Å². The summed E-state index contributed by atoms with van der Waals surface area (Å²) in [4.78, 5) is 0.217. The number of anilines is 2. The van der Waals surface area contributed by atoms with E-state index in [1.54, 1.807) is 30.3 Å². The summed E-state index contributed by atoms with van der Waals surface area (Å²) in [6, 6.07) is 10.2. The van der Waals surface area contributed by atoms with Gasteiger partial charge in [0.15, 0.2) is 0 Å². The Balaban J connectivity index is 1.94. The van der Waals surface area contributed by atoms with Gasteiger partial charge in [0.1, 0.15) is 5.75 Å². The van der Waals surface area contributed by atoms with Crippen LogP contribution in [0.2, 0.25) is 5.02 Å². The Kier molecular flexibility index (Phi) is 4.12. The van der Waals surface area contributed by atoms with Crippen LogP contribution in [0.3, 0.4) is 0 Å². The van der Waals surface area contributed by atoms with E-state index in [0.29, 0.717) is 22.5 Å². The highest BCUT2D eigenvalue weighted by Crippen LogP contribution is 2.32. The summed E-state index contributed by atoms with van der Waals surface area (Å²) in [6.45, 7) is 2.06. The predicted molar refractivity (Wildman–Crippen MR) is 92.0 cm³/mol. The second kappa shape index (κ2) is 5.94. The Morgan fingerprint density at radius 2 is 2.04 bits per heavy atom. The van der Waals surface area contributed by atoms with Crippen LogP contribution in [0, 0.1) is 0 Å². The lowest BCUT2D eigenvalue weighted by Gasteiger charge is -2.13. The lowest BCUT2D eigenvalue weighted by atomic mass is 10.1. The summed E-state index contributed by atoms with van der Waals surface area (Å²) in [6.07, 6.45) is 0.805. The molecule has 1 atom stereocenters. The van der Waals surface area contributed by atoms with E-state index in [1.807, 2.05) is 0 Å². The van der Waals surface area contributed by atoms with Gasteiger partial charge in [-0.2, -0.15) is 0 Å². The fourth-order valence-corrected chi connectivity index (χ4v) is 3.94. The van der Waals surface area contributed by atoms with Crippen LogP contribution in [0.15, 0.2) is 41.3 Å². The SMILES string of the molecule is COc1ccc(Cl)cc1NS(=O)(=O)c1ccc2c(c1)CC(C)N2. The van der Waals surface area contributed by atoms with Gasteiger partial charge < -0.3 is 10.1 Å². The number of benzene rings is 2. The summed E-state index contributed by atoms with van der Waals surface area (Å²) in [5.41, 5.74) is 2.29. The molecule has 122 valence electrons. The van der Waals surface area contributed by atoms with E-state index >= 15 is 0 Å². The first-order valence-corrected chi connectivity index (χ1v) is 9.01. The standard InChI is InChI=1S/C16H17ClN2O3S/c1-10-7-11-8-13(4-5-14(11)18-10)23(20,21)19-15-9-12(17)3-6-16(15)22-2/h3-6,8-10,18-19H,7H2,1-2H3. The molecular formula is C16H17ClN2O3S. The molecule has 0 radical (unpaired) electrons. The largest absolute Gasteiger partial charge is 0.495 e. The van der Waals surface area contributed by atoms with Crippen molar-refractivity contribution in [3.63, 3.8) is 0 Å². The molecule has 1 aliphatic heterocycles. The molecule has 0 aliphatic carbocycles. The number of ether oxygens (including phenoxy) is 1. The van der Waals surface area contributed by atoms with Crippen molar-refractivity contribution in [3.05, 3.63) is 47.0 Å². The van der Waals surface area contributed by atoms with E-state index in [-0.39, 0.29) is 4.90 Å². The Morgan fingerprint density at radius 1 is 1.26 bits per heavy atom. The molecule has 0 bridgehead atoms. The van der Waals surface area contributed by atoms with Gasteiger partial charge >= 0.3 is 0 Å². The molecule has 0 saturated carbocycles. The molecule has 23 heavy (non-hydrogen) atoms. The fourth-order valence-electron chi connectivity index (χ4n) is 2.66. The van der Waals surface area contributed by atoms with Crippen LogP contribution in [-0.2, 0) is 16.4 Å². The van der Waals surface area contributed by atoms with E-state index in [2.05, 4.69) is 17.0 Å². The Hall–Kier alpha value is -1.92. The van der Waals surface area contributed by atoms with Crippen molar-refractivity contribution in [2.75, 3.05) is 17.1 Å². The average Bonchev–Trinajstić information content (AvgIpc) is 2.86. The van der Waals surface area contributed by atoms with Crippen molar-refractivity contribution in [2.24, 2.45) is 0 Å². The van der Waals surface area contributed by atoms with Gasteiger partial charge in [-0.15, -0.1) is 0 Å². The number of hydrogen-bond acceptors (Lipinski definition) is 4. The molecule has 2 aromatic rings. The second-order valence-electron chi connectivity index (χ2n) is 5.52. The van der Waals surface area contributed by atoms with E-state index < -0.39 is 10.0 Å². The first kappa shape index (κ1) is 16.0. The highest BCUT2D eigenvalue weighted by Gasteiger charge is 2.22. The van der Waals surface area contributed by atoms with Crippen LogP contribution in [0.1, 0.15) is 12.5 Å². The normalized spacial score (nSPS) is 16.6. The fraction of sp³-hybridized carbons (Fsp3) is 0.250. The predicted octanol–water partition coefficient (Wildman–Crippen LogP) is 3.51. The minimum Gasteiger partial charge on any atom is -0.495 e. The van der Waals surface area contributed by atoms with Gasteiger partial charge in [0.2, 0.25) is 0 Å². The third-order valence-electron chi connectivity index (χ3n) is 3.72. The first-order valence-electron chi connectivity index (χ1n) is 7.15. The van der Waals surface area contributed by atoms with Crippen molar-refractivity contribution in [3.8, 4) is 5.75 Å². The number of rotatable bonds is 4. The number of sulfonamides is 1. The van der Waals surface area contributed by atoms with Crippen LogP contribution in [-0.4, -0.2) is 21.6 Å². The van der Waals surface area contributed by atoms with Gasteiger partial charge in [0.05, 0.1) is 17.7 Å². The number of fused-ring (bicyclic) bond motifs is 1. The average molecular weight is 353 g/mol. The molecule has 1 heterocycles. The number of nitrogens with one attached hydrogen (secondary N) is 2. The summed E-state index contributed by atoms with van der Waals surface area (Å²) >= 11 is 5.94. The van der Waals surface area contributed by atoms with Crippen LogP contribution >= 0.6 is 11.6 Å². The maximum atomic E-state index is 12.6. The molecule has 3 rings (SSSR count). The van der Waals surface area contributed by atoms with Gasteiger partial charge in [-0.05, 0) is 55.3 Å². The summed E-state index contributed by atoms with van der Waals surface area (Å²) < 4.78 is 33.0. The van der Waals surface area contributed by atoms with E-state index in [4.69, 9.17) is 16.3 Å². The number of halogens is 1. The Morgan fingerprint density at radius 3 is 2.78 bits per heavy atom. The topological polar surface area (TPSA) is 67.4 Å². The lowest BCUT2D eigenvalue weighted by molar-refractivity contribution is 0.417. The molecule has 1 aliphatic rings. The summed E-state index contributed by atoms with van der Waals surface area (Å²) in [5, 5.41) is 3.73. The minimum atomic E-state index is -3.72. The lowest BCUT2D eigenvalue weighted by Crippen LogP contribution is -2.14. The van der Waals surface area contributed by atoms with E-state index in [9.17, 15) is 8.42 Å². The Labute approximate surface area is 140 Å². The molecule has 2 N–H and O–H groups in total. The molecule has 1 unspecified atom stereocenters. The zero-order valence-corrected chi connectivity index (χ0v) is 14.3. The van der Waals surface area contributed by atoms with Crippen LogP contribution < -0.4 is 14.8 Å². The van der Waals surface area contributed by atoms with Gasteiger partial charge in [-0.25, -0.2) is 8.42 Å². The monoisotopic (exact) mass is 352 g/mol. The van der Waals surface area contributed by atoms with Crippen LogP contribution in [0.5, 0.6) is 5.75 Å². The van der Waals surface area contributed by atoms with Crippen molar-refractivity contribution in [1.82, 2.24) is 0 Å². The molecule has 7 heteroatoms. The summed E-state index contributed by atoms with van der Waals surface area (Å²) in [5.74, 6) is 0.412. The number of hydrogen-bond donors (Lipinski definition) is 2. The van der Waals surface area contributed by atoms with Crippen LogP contribution in [0.4, 0.5) is 11.4 Å². The molecule has 0 saturated heterocycles. The van der Waals surface area contributed by atoms with Gasteiger partial charge in [-0.1, -0.05) is 11.6 Å². The van der Waals surface area contributed by atoms with Crippen molar-refractivity contribution < 1.29 is 13.2 Å². The smallest absolute Gasteiger partial charge is 0.262 e. The minimum absolute atomic E-state index is 0.217. The maximum Gasteiger partial charge on any atom is 0.262 e. The molecule has 0 aromatic heterocycles. The van der Waals surface area contributed by atoms with E-state index in [1.165, 1.54) is 13.2 Å². The van der Waals surface area contributed by atoms with Crippen molar-refractivity contribution in [1.29, 1.82) is 0 Å². The van der Waals surface area contributed by atoms with Gasteiger partial charge in [0, 0.05) is 16.8 Å². The highest BCUT2D eigenvalue weighted by molar-refractivity contribution is 7.92. The molecular weight excluding hydrogens is 336 g/mol. The zero-order valence-electron chi connectivity index (χ0n) is 12.8. The molecule has 0 amide bonds. The third kappa shape index (κ3) is 3.23. The van der Waals surface area contributed by atoms with Crippen LogP contribution in [0.25, 0.3) is 0 Å². The third-order valence-corrected chi connectivity index (χ3v) is 5.32. The molecule has 5 nitrogen and oxygen atoms in total. The second-order valence-corrected chi connectivity index (χ2v) is 7.64. The molecule has 0 fully saturated rings. The van der Waals surface area contributed by atoms with E-state index in [0.717, 1.165) is 17.7 Å². The number of methoxy groups -OCH3 is 1. The molecule has 0 spiro atoms. The van der Waals surface area contributed by atoms with Gasteiger partial charge in [-0.3, -0.25) is 4.72 Å². The summed E-state index contributed by atoms with van der Waals surface area (Å²) in [7, 11) is -2.24. The quantitative estimate of drug-likeness (QED) is 0.883. The maximum absolute atomic E-state index is 12.6. The zero-order chi connectivity index (χ0) is 16.6. The van der Waals surface area contributed by atoms with Crippen molar-refractivity contribution in [2.45, 2.75) is 24.3 Å². The Bertz CT molecular complexity index is 852.